The van der Waals surface area contributed by atoms with Crippen molar-refractivity contribution in [3.63, 3.8) is 0 Å². The molecule has 2 aromatic rings. The van der Waals surface area contributed by atoms with Crippen LogP contribution in [0.15, 0.2) is 42.5 Å². The molecule has 1 aliphatic rings. The molecule has 9 heteroatoms. The number of halogens is 2. The van der Waals surface area contributed by atoms with Gasteiger partial charge in [0.25, 0.3) is 5.91 Å². The van der Waals surface area contributed by atoms with E-state index in [1.807, 2.05) is 0 Å². The van der Waals surface area contributed by atoms with Gasteiger partial charge in [-0.05, 0) is 36.8 Å². The molecule has 0 bridgehead atoms. The first-order valence-electron chi connectivity index (χ1n) is 9.08. The van der Waals surface area contributed by atoms with Crippen LogP contribution in [0.1, 0.15) is 32.7 Å². The maximum absolute atomic E-state index is 12.4. The van der Waals surface area contributed by atoms with Crippen LogP contribution >= 0.6 is 23.2 Å². The highest BCUT2D eigenvalue weighted by Gasteiger charge is 2.37. The predicted octanol–water partition coefficient (Wildman–Crippen LogP) is 3.22. The smallest absolute Gasteiger partial charge is 0.311 e. The molecule has 1 unspecified atom stereocenters. The summed E-state index contributed by atoms with van der Waals surface area (Å²) < 4.78 is 5.06. The molecular weight excluding hydrogens is 431 g/mol. The van der Waals surface area contributed by atoms with Crippen LogP contribution in [0.25, 0.3) is 0 Å². The maximum Gasteiger partial charge on any atom is 0.311 e. The summed E-state index contributed by atoms with van der Waals surface area (Å²) in [5.74, 6) is -2.83. The molecule has 0 radical (unpaired) electrons. The highest BCUT2D eigenvalue weighted by molar-refractivity contribution is 6.36. The Balaban J connectivity index is 1.55. The van der Waals surface area contributed by atoms with E-state index in [2.05, 4.69) is 5.43 Å². The van der Waals surface area contributed by atoms with Crippen LogP contribution in [-0.4, -0.2) is 41.7 Å². The summed E-state index contributed by atoms with van der Waals surface area (Å²) in [6.45, 7) is 1.23. The number of hydrazine groups is 1. The van der Waals surface area contributed by atoms with Crippen molar-refractivity contribution >= 4 is 46.8 Å². The number of ketones is 1. The number of amides is 2. The number of benzene rings is 2. The highest BCUT2D eigenvalue weighted by atomic mass is 35.5. The average Bonchev–Trinajstić information content (AvgIpc) is 3.06. The van der Waals surface area contributed by atoms with Gasteiger partial charge in [-0.1, -0.05) is 41.4 Å². The highest BCUT2D eigenvalue weighted by Crippen LogP contribution is 2.22. The first-order chi connectivity index (χ1) is 14.3. The van der Waals surface area contributed by atoms with Crippen LogP contribution in [-0.2, 0) is 14.3 Å². The SMILES string of the molecule is Cc1ccccc1C(=O)NN1CC(C(=O)OCC(=O)c2ccc(Cl)cc2Cl)CC1=O. The number of nitrogens with one attached hydrogen (secondary N) is 1. The second-order valence-corrected chi connectivity index (χ2v) is 7.66. The normalized spacial score (nSPS) is 15.8. The fourth-order valence-electron chi connectivity index (χ4n) is 3.03. The molecule has 30 heavy (non-hydrogen) atoms. The van der Waals surface area contributed by atoms with Crippen molar-refractivity contribution < 1.29 is 23.9 Å². The Morgan fingerprint density at radius 3 is 2.57 bits per heavy atom. The summed E-state index contributed by atoms with van der Waals surface area (Å²) in [5.41, 5.74) is 3.89. The minimum Gasteiger partial charge on any atom is -0.457 e. The van der Waals surface area contributed by atoms with E-state index in [0.717, 1.165) is 10.6 Å². The van der Waals surface area contributed by atoms with Gasteiger partial charge in [-0.3, -0.25) is 29.6 Å². The van der Waals surface area contributed by atoms with E-state index in [1.54, 1.807) is 31.2 Å². The summed E-state index contributed by atoms with van der Waals surface area (Å²) in [4.78, 5) is 49.1. The van der Waals surface area contributed by atoms with E-state index in [-0.39, 0.29) is 23.6 Å². The minimum absolute atomic E-state index is 0.0365. The Hall–Kier alpha value is -2.90. The van der Waals surface area contributed by atoms with E-state index in [9.17, 15) is 19.2 Å². The average molecular weight is 449 g/mol. The molecule has 2 amide bonds. The van der Waals surface area contributed by atoms with Crippen molar-refractivity contribution in [2.75, 3.05) is 13.2 Å². The summed E-state index contributed by atoms with van der Waals surface area (Å²) >= 11 is 11.8. The van der Waals surface area contributed by atoms with Crippen molar-refractivity contribution in [2.45, 2.75) is 13.3 Å². The van der Waals surface area contributed by atoms with Gasteiger partial charge >= 0.3 is 5.97 Å². The Kier molecular flexibility index (Phi) is 6.74. The van der Waals surface area contributed by atoms with Crippen LogP contribution in [0.4, 0.5) is 0 Å². The fourth-order valence-corrected chi connectivity index (χ4v) is 3.55. The Morgan fingerprint density at radius 1 is 1.13 bits per heavy atom. The van der Waals surface area contributed by atoms with E-state index >= 15 is 0 Å². The fraction of sp³-hybridized carbons (Fsp3) is 0.238. The van der Waals surface area contributed by atoms with Gasteiger partial charge in [0.05, 0.1) is 17.5 Å². The predicted molar refractivity (Wildman–Crippen MR) is 110 cm³/mol. The van der Waals surface area contributed by atoms with Crippen molar-refractivity contribution in [3.05, 3.63) is 69.2 Å². The molecule has 0 aromatic heterocycles. The van der Waals surface area contributed by atoms with Crippen LogP contribution in [0.3, 0.4) is 0 Å². The second kappa shape index (κ2) is 9.28. The van der Waals surface area contributed by atoms with E-state index < -0.39 is 36.1 Å². The number of carbonyl (C=O) groups is 4. The molecule has 0 aliphatic carbocycles. The molecule has 0 spiro atoms. The molecule has 1 N–H and O–H groups in total. The Morgan fingerprint density at radius 2 is 1.87 bits per heavy atom. The van der Waals surface area contributed by atoms with Gasteiger partial charge in [-0.15, -0.1) is 0 Å². The third-order valence-electron chi connectivity index (χ3n) is 4.66. The molecular formula is C21H18Cl2N2O5. The zero-order valence-electron chi connectivity index (χ0n) is 16.0. The lowest BCUT2D eigenvalue weighted by Gasteiger charge is -2.18. The lowest BCUT2D eigenvalue weighted by atomic mass is 10.1. The van der Waals surface area contributed by atoms with Crippen molar-refractivity contribution in [3.8, 4) is 0 Å². The van der Waals surface area contributed by atoms with E-state index in [1.165, 1.54) is 18.2 Å². The number of esters is 1. The van der Waals surface area contributed by atoms with Gasteiger partial charge in [-0.2, -0.15) is 0 Å². The zero-order valence-corrected chi connectivity index (χ0v) is 17.5. The number of hydrogen-bond acceptors (Lipinski definition) is 5. The molecule has 2 aromatic carbocycles. The summed E-state index contributed by atoms with van der Waals surface area (Å²) in [6, 6.07) is 11.3. The lowest BCUT2D eigenvalue weighted by Crippen LogP contribution is -2.43. The standard InChI is InChI=1S/C21H18Cl2N2O5/c1-12-4-2-3-5-15(12)20(28)24-25-10-13(8-19(25)27)21(29)30-11-18(26)16-7-6-14(22)9-17(16)23/h2-7,9,13H,8,10-11H2,1H3,(H,24,28). The third-order valence-corrected chi connectivity index (χ3v) is 5.21. The summed E-state index contributed by atoms with van der Waals surface area (Å²) in [6.07, 6.45) is -0.122. The van der Waals surface area contributed by atoms with Gasteiger partial charge in [-0.25, -0.2) is 0 Å². The largest absolute Gasteiger partial charge is 0.457 e. The van der Waals surface area contributed by atoms with Crippen molar-refractivity contribution in [1.29, 1.82) is 0 Å². The van der Waals surface area contributed by atoms with Crippen LogP contribution in [0, 0.1) is 12.8 Å². The molecule has 1 aliphatic heterocycles. The van der Waals surface area contributed by atoms with Crippen LogP contribution in [0.5, 0.6) is 0 Å². The molecule has 1 fully saturated rings. The van der Waals surface area contributed by atoms with Gasteiger partial charge in [0.1, 0.15) is 0 Å². The number of nitrogens with zero attached hydrogens (tertiary/aromatic N) is 1. The first-order valence-corrected chi connectivity index (χ1v) is 9.83. The minimum atomic E-state index is -0.789. The molecule has 156 valence electrons. The number of rotatable bonds is 6. The number of aryl methyl sites for hydroxylation is 1. The molecule has 1 heterocycles. The number of Topliss-reactive ketones (excluding diaryl/α,β-unsaturated/α-hetero) is 1. The van der Waals surface area contributed by atoms with Gasteiger partial charge < -0.3 is 4.74 Å². The van der Waals surface area contributed by atoms with E-state index in [0.29, 0.717) is 10.6 Å². The monoisotopic (exact) mass is 448 g/mol. The molecule has 0 saturated carbocycles. The van der Waals surface area contributed by atoms with Crippen LogP contribution in [0.2, 0.25) is 10.0 Å². The molecule has 1 saturated heterocycles. The van der Waals surface area contributed by atoms with Gasteiger partial charge in [0.2, 0.25) is 11.7 Å². The first kappa shape index (κ1) is 21.8. The molecule has 7 nitrogen and oxygen atoms in total. The van der Waals surface area contributed by atoms with Gasteiger partial charge in [0, 0.05) is 22.6 Å². The van der Waals surface area contributed by atoms with E-state index in [4.69, 9.17) is 27.9 Å². The van der Waals surface area contributed by atoms with Gasteiger partial charge in [0.15, 0.2) is 6.61 Å². The number of hydrogen-bond donors (Lipinski definition) is 1. The van der Waals surface area contributed by atoms with Crippen molar-refractivity contribution in [2.24, 2.45) is 5.92 Å². The quantitative estimate of drug-likeness (QED) is 0.540. The Labute approximate surface area is 182 Å². The maximum atomic E-state index is 12.4. The second-order valence-electron chi connectivity index (χ2n) is 6.82. The zero-order chi connectivity index (χ0) is 21.8. The molecule has 1 atom stereocenters. The lowest BCUT2D eigenvalue weighted by molar-refractivity contribution is -0.147. The molecule has 3 rings (SSSR count). The number of carbonyl (C=O) groups excluding carboxylic acids is 4. The third kappa shape index (κ3) is 4.98. The summed E-state index contributed by atoms with van der Waals surface area (Å²) in [7, 11) is 0. The number of ether oxygens (including phenoxy) is 1. The Bertz CT molecular complexity index is 1020. The van der Waals surface area contributed by atoms with Crippen molar-refractivity contribution in [1.82, 2.24) is 10.4 Å². The summed E-state index contributed by atoms with van der Waals surface area (Å²) in [5, 5.41) is 1.63. The van der Waals surface area contributed by atoms with Crippen LogP contribution < -0.4 is 5.43 Å². The topological polar surface area (TPSA) is 92.8 Å².